The summed E-state index contributed by atoms with van der Waals surface area (Å²) < 4.78 is 3.69. The lowest BCUT2D eigenvalue weighted by atomic mass is 10.2. The fraction of sp³-hybridized carbons (Fsp3) is 0.154. The molecule has 2 aromatic carbocycles. The van der Waals surface area contributed by atoms with Crippen LogP contribution in [0, 0.1) is 0 Å². The summed E-state index contributed by atoms with van der Waals surface area (Å²) in [5.74, 6) is 0.547. The number of aromatic nitrogens is 5. The van der Waals surface area contributed by atoms with Crippen LogP contribution in [0.4, 0.5) is 5.82 Å². The number of anilines is 1. The number of carbonyl (C=O) groups excluding carboxylic acids is 1. The van der Waals surface area contributed by atoms with Gasteiger partial charge in [-0.2, -0.15) is 10.2 Å². The second-order valence-corrected chi connectivity index (χ2v) is 8.25. The number of hydrogen-bond acceptors (Lipinski definition) is 4. The summed E-state index contributed by atoms with van der Waals surface area (Å²) in [6.45, 7) is 0.630. The number of aryl methyl sites for hydroxylation is 1. The molecule has 6 rings (SSSR count). The molecule has 3 heterocycles. The molecule has 33 heavy (non-hydrogen) atoms. The van der Waals surface area contributed by atoms with Gasteiger partial charge in [0.2, 0.25) is 0 Å². The van der Waals surface area contributed by atoms with Gasteiger partial charge in [-0.1, -0.05) is 48.5 Å². The Kier molecular flexibility index (Phi) is 4.72. The summed E-state index contributed by atoms with van der Waals surface area (Å²) in [6.07, 6.45) is 6.29. The van der Waals surface area contributed by atoms with Crippen LogP contribution >= 0.6 is 0 Å². The quantitative estimate of drug-likeness (QED) is 0.445. The summed E-state index contributed by atoms with van der Waals surface area (Å²) >= 11 is 0. The van der Waals surface area contributed by atoms with E-state index in [1.807, 2.05) is 64.0 Å². The molecule has 0 fully saturated rings. The molecular formula is C26H22N6O. The average molecular weight is 435 g/mol. The van der Waals surface area contributed by atoms with Gasteiger partial charge in [0.05, 0.1) is 29.7 Å². The van der Waals surface area contributed by atoms with E-state index in [0.29, 0.717) is 12.1 Å². The Balaban J connectivity index is 1.30. The van der Waals surface area contributed by atoms with Crippen molar-refractivity contribution < 1.29 is 4.79 Å². The highest BCUT2D eigenvalue weighted by molar-refractivity contribution is 6.05. The lowest BCUT2D eigenvalue weighted by Gasteiger charge is -2.11. The van der Waals surface area contributed by atoms with Crippen LogP contribution in [0.15, 0.2) is 79.1 Å². The van der Waals surface area contributed by atoms with Gasteiger partial charge in [-0.15, -0.1) is 0 Å². The zero-order valence-electron chi connectivity index (χ0n) is 18.0. The molecule has 162 valence electrons. The van der Waals surface area contributed by atoms with Crippen LogP contribution in [0.2, 0.25) is 0 Å². The van der Waals surface area contributed by atoms with E-state index in [2.05, 4.69) is 27.5 Å². The van der Waals surface area contributed by atoms with Gasteiger partial charge in [0, 0.05) is 17.1 Å². The number of hydrogen-bond donors (Lipinski definition) is 1. The zero-order valence-corrected chi connectivity index (χ0v) is 18.0. The molecule has 5 aromatic rings. The van der Waals surface area contributed by atoms with Gasteiger partial charge in [0.15, 0.2) is 5.65 Å². The zero-order chi connectivity index (χ0) is 22.2. The van der Waals surface area contributed by atoms with Gasteiger partial charge in [-0.05, 0) is 43.0 Å². The van der Waals surface area contributed by atoms with Crippen molar-refractivity contribution in [1.29, 1.82) is 0 Å². The van der Waals surface area contributed by atoms with Crippen molar-refractivity contribution in [3.63, 3.8) is 0 Å². The summed E-state index contributed by atoms with van der Waals surface area (Å²) in [5.41, 5.74) is 5.51. The maximum absolute atomic E-state index is 13.2. The molecule has 0 bridgehead atoms. The van der Waals surface area contributed by atoms with Crippen molar-refractivity contribution >= 4 is 22.8 Å². The highest BCUT2D eigenvalue weighted by Gasteiger charge is 2.24. The number of nitrogens with one attached hydrogen (secondary N) is 1. The first-order valence-electron chi connectivity index (χ1n) is 11.1. The van der Waals surface area contributed by atoms with Gasteiger partial charge >= 0.3 is 0 Å². The Bertz CT molecular complexity index is 1450. The van der Waals surface area contributed by atoms with Crippen molar-refractivity contribution in [2.45, 2.75) is 25.8 Å². The number of para-hydroxylation sites is 1. The van der Waals surface area contributed by atoms with Crippen molar-refractivity contribution in [2.24, 2.45) is 0 Å². The molecule has 1 N–H and O–H groups in total. The molecular weight excluding hydrogens is 412 g/mol. The predicted molar refractivity (Wildman–Crippen MR) is 127 cm³/mol. The van der Waals surface area contributed by atoms with Gasteiger partial charge in [-0.3, -0.25) is 4.79 Å². The molecule has 1 aliphatic rings. The number of carbonyl (C=O) groups is 1. The fourth-order valence-corrected chi connectivity index (χ4v) is 4.42. The number of benzene rings is 2. The van der Waals surface area contributed by atoms with Crippen LogP contribution in [0.3, 0.4) is 0 Å². The van der Waals surface area contributed by atoms with Gasteiger partial charge in [-0.25, -0.2) is 14.3 Å². The van der Waals surface area contributed by atoms with E-state index in [1.165, 1.54) is 0 Å². The second-order valence-electron chi connectivity index (χ2n) is 8.25. The number of amides is 1. The van der Waals surface area contributed by atoms with Crippen molar-refractivity contribution in [2.75, 3.05) is 5.32 Å². The van der Waals surface area contributed by atoms with E-state index < -0.39 is 0 Å². The molecule has 0 atom stereocenters. The van der Waals surface area contributed by atoms with E-state index in [1.54, 1.807) is 12.4 Å². The van der Waals surface area contributed by atoms with Gasteiger partial charge < -0.3 is 5.32 Å². The van der Waals surface area contributed by atoms with Crippen molar-refractivity contribution in [3.8, 4) is 5.69 Å². The molecule has 7 nitrogen and oxygen atoms in total. The Morgan fingerprint density at radius 2 is 1.76 bits per heavy atom. The SMILES string of the molecule is O=C(Nc1c2c(nn1-c1ccccc1)CCC2)c1cnc2c(cnn2Cc2ccccc2)c1. The second kappa shape index (κ2) is 8.02. The molecule has 0 radical (unpaired) electrons. The number of pyridine rings is 1. The monoisotopic (exact) mass is 434 g/mol. The van der Waals surface area contributed by atoms with Crippen LogP contribution in [0.25, 0.3) is 16.7 Å². The summed E-state index contributed by atoms with van der Waals surface area (Å²) in [5, 5.41) is 13.2. The summed E-state index contributed by atoms with van der Waals surface area (Å²) in [6, 6.07) is 21.9. The molecule has 0 spiro atoms. The van der Waals surface area contributed by atoms with E-state index in [4.69, 9.17) is 5.10 Å². The molecule has 0 saturated carbocycles. The number of fused-ring (bicyclic) bond motifs is 2. The lowest BCUT2D eigenvalue weighted by molar-refractivity contribution is 0.102. The number of rotatable bonds is 5. The van der Waals surface area contributed by atoms with Gasteiger partial charge in [0.25, 0.3) is 5.91 Å². The Labute approximate surface area is 190 Å². The topological polar surface area (TPSA) is 77.6 Å². The fourth-order valence-electron chi connectivity index (χ4n) is 4.42. The molecule has 0 saturated heterocycles. The third-order valence-corrected chi connectivity index (χ3v) is 6.05. The normalized spacial score (nSPS) is 12.7. The summed E-state index contributed by atoms with van der Waals surface area (Å²) in [4.78, 5) is 17.8. The smallest absolute Gasteiger partial charge is 0.258 e. The van der Waals surface area contributed by atoms with Crippen molar-refractivity contribution in [1.82, 2.24) is 24.5 Å². The highest BCUT2D eigenvalue weighted by atomic mass is 16.1. The van der Waals surface area contributed by atoms with Crippen LogP contribution in [0.5, 0.6) is 0 Å². The lowest BCUT2D eigenvalue weighted by Crippen LogP contribution is -2.16. The third-order valence-electron chi connectivity index (χ3n) is 6.05. The Hall–Kier alpha value is -4.26. The van der Waals surface area contributed by atoms with Gasteiger partial charge in [0.1, 0.15) is 5.82 Å². The first kappa shape index (κ1) is 19.4. The van der Waals surface area contributed by atoms with E-state index in [-0.39, 0.29) is 5.91 Å². The molecule has 0 aliphatic heterocycles. The van der Waals surface area contributed by atoms with Crippen LogP contribution in [-0.4, -0.2) is 30.5 Å². The Morgan fingerprint density at radius 3 is 2.58 bits per heavy atom. The van der Waals surface area contributed by atoms with E-state index in [0.717, 1.165) is 58.6 Å². The maximum Gasteiger partial charge on any atom is 0.258 e. The third kappa shape index (κ3) is 3.57. The standard InChI is InChI=1S/C26H22N6O/c33-26(29-25-22-12-7-13-23(22)30-32(25)21-10-5-2-6-11-21)20-14-19-16-28-31(24(19)27-15-20)17-18-8-3-1-4-9-18/h1-6,8-11,14-16H,7,12-13,17H2,(H,29,33). The van der Waals surface area contributed by atoms with Crippen molar-refractivity contribution in [3.05, 3.63) is 102 Å². The minimum Gasteiger partial charge on any atom is -0.306 e. The molecule has 3 aromatic heterocycles. The van der Waals surface area contributed by atoms with E-state index in [9.17, 15) is 4.79 Å². The first-order valence-corrected chi connectivity index (χ1v) is 11.1. The Morgan fingerprint density at radius 1 is 0.970 bits per heavy atom. The highest BCUT2D eigenvalue weighted by Crippen LogP contribution is 2.31. The minimum absolute atomic E-state index is 0.202. The van der Waals surface area contributed by atoms with Crippen LogP contribution in [-0.2, 0) is 19.4 Å². The predicted octanol–water partition coefficient (Wildman–Crippen LogP) is 4.41. The van der Waals surface area contributed by atoms with Crippen LogP contribution in [0.1, 0.15) is 33.6 Å². The number of nitrogens with zero attached hydrogens (tertiary/aromatic N) is 5. The summed E-state index contributed by atoms with van der Waals surface area (Å²) in [7, 11) is 0. The van der Waals surface area contributed by atoms with E-state index >= 15 is 0 Å². The minimum atomic E-state index is -0.202. The molecule has 1 aliphatic carbocycles. The maximum atomic E-state index is 13.2. The van der Waals surface area contributed by atoms with Crippen LogP contribution < -0.4 is 5.32 Å². The largest absolute Gasteiger partial charge is 0.306 e. The molecule has 0 unspecified atom stereocenters. The first-order chi connectivity index (χ1) is 16.3. The average Bonchev–Trinajstić information content (AvgIpc) is 3.56. The molecule has 7 heteroatoms. The molecule has 1 amide bonds.